The maximum Gasteiger partial charge on any atom is 0.385 e. The number of halogens is 12. The van der Waals surface area contributed by atoms with Crippen molar-refractivity contribution in [2.75, 3.05) is 0 Å². The van der Waals surface area contributed by atoms with E-state index in [2.05, 4.69) is 4.74 Å². The maximum absolute atomic E-state index is 13.9. The van der Waals surface area contributed by atoms with Gasteiger partial charge >= 0.3 is 42.0 Å². The van der Waals surface area contributed by atoms with Gasteiger partial charge in [0, 0.05) is 0 Å². The number of esters is 1. The number of alkyl halides is 12. The van der Waals surface area contributed by atoms with Crippen LogP contribution in [0.3, 0.4) is 0 Å². The van der Waals surface area contributed by atoms with E-state index in [1.165, 1.54) is 0 Å². The van der Waals surface area contributed by atoms with E-state index >= 15 is 0 Å². The Morgan fingerprint density at radius 1 is 0.879 bits per heavy atom. The van der Waals surface area contributed by atoms with Crippen molar-refractivity contribution in [1.82, 2.24) is 0 Å². The third-order valence-corrected chi connectivity index (χ3v) is 6.27. The van der Waals surface area contributed by atoms with Crippen LogP contribution in [0.15, 0.2) is 0 Å². The molecule has 0 heterocycles. The average Bonchev–Trinajstić information content (AvgIpc) is 2.90. The van der Waals surface area contributed by atoms with E-state index in [0.717, 1.165) is 20.8 Å². The summed E-state index contributed by atoms with van der Waals surface area (Å²) in [6.45, 7) is 3.11. The number of hydrogen-bond acceptors (Lipinski definition) is 3. The quantitative estimate of drug-likeness (QED) is 0.326. The van der Waals surface area contributed by atoms with Crippen molar-refractivity contribution in [1.29, 1.82) is 0 Å². The number of ether oxygens (including phenoxy) is 1. The summed E-state index contributed by atoms with van der Waals surface area (Å²) in [6.07, 6.45) is -16.1. The van der Waals surface area contributed by atoms with E-state index in [1.807, 2.05) is 0 Å². The lowest BCUT2D eigenvalue weighted by Crippen LogP contribution is -2.68. The van der Waals surface area contributed by atoms with Crippen LogP contribution in [0.4, 0.5) is 52.7 Å². The molecule has 1 fully saturated rings. The summed E-state index contributed by atoms with van der Waals surface area (Å²) in [4.78, 5) is 23.5. The summed E-state index contributed by atoms with van der Waals surface area (Å²) < 4.78 is 163. The number of carboxylic acid groups (broad SMARTS) is 1. The van der Waals surface area contributed by atoms with Crippen molar-refractivity contribution >= 4 is 11.9 Å². The zero-order valence-electron chi connectivity index (χ0n) is 16.9. The molecule has 0 aromatic carbocycles. The van der Waals surface area contributed by atoms with Crippen LogP contribution in [0.5, 0.6) is 0 Å². The van der Waals surface area contributed by atoms with E-state index in [0.29, 0.717) is 0 Å². The minimum absolute atomic E-state index is 0.284. The lowest BCUT2D eigenvalue weighted by molar-refractivity contribution is -0.400. The second-order valence-corrected chi connectivity index (χ2v) is 8.34. The molecule has 1 aliphatic carbocycles. The van der Waals surface area contributed by atoms with E-state index < -0.39 is 77.8 Å². The highest BCUT2D eigenvalue weighted by atomic mass is 19.4. The van der Waals surface area contributed by atoms with Gasteiger partial charge in [-0.3, -0.25) is 9.59 Å². The first-order chi connectivity index (χ1) is 14.4. The lowest BCUT2D eigenvalue weighted by Gasteiger charge is -2.40. The normalized spacial score (nSPS) is 26.2. The first-order valence-corrected chi connectivity index (χ1v) is 8.96. The Bertz CT molecular complexity index is 769. The first kappa shape index (κ1) is 29.1. The number of carboxylic acids is 1. The molecular weight excluding hydrogens is 496 g/mol. The molecule has 1 aliphatic rings. The monoisotopic (exact) mass is 514 g/mol. The largest absolute Gasteiger partial charge is 0.481 e. The molecular formula is C17H18F12O4. The van der Waals surface area contributed by atoms with Crippen molar-refractivity contribution in [3.63, 3.8) is 0 Å². The predicted octanol–water partition coefficient (Wildman–Crippen LogP) is 5.50. The van der Waals surface area contributed by atoms with Crippen molar-refractivity contribution in [2.24, 2.45) is 16.7 Å². The van der Waals surface area contributed by atoms with Crippen LogP contribution in [0.1, 0.15) is 33.6 Å². The van der Waals surface area contributed by atoms with Gasteiger partial charge in [-0.2, -0.15) is 39.5 Å². The van der Waals surface area contributed by atoms with Gasteiger partial charge in [-0.25, -0.2) is 13.2 Å². The van der Waals surface area contributed by atoms with Gasteiger partial charge in [0.05, 0.1) is 11.3 Å². The highest BCUT2D eigenvalue weighted by Gasteiger charge is 2.85. The molecule has 4 atom stereocenters. The first-order valence-electron chi connectivity index (χ1n) is 8.96. The molecule has 4 nitrogen and oxygen atoms in total. The van der Waals surface area contributed by atoms with Crippen LogP contribution >= 0.6 is 0 Å². The predicted molar refractivity (Wildman–Crippen MR) is 83.9 cm³/mol. The van der Waals surface area contributed by atoms with Gasteiger partial charge in [-0.15, -0.1) is 0 Å². The van der Waals surface area contributed by atoms with E-state index in [-0.39, 0.29) is 6.42 Å². The fourth-order valence-electron chi connectivity index (χ4n) is 3.49. The topological polar surface area (TPSA) is 63.6 Å². The Morgan fingerprint density at radius 3 is 1.67 bits per heavy atom. The minimum atomic E-state index is -7.57. The van der Waals surface area contributed by atoms with Gasteiger partial charge in [-0.05, 0) is 25.2 Å². The summed E-state index contributed by atoms with van der Waals surface area (Å²) in [5.74, 6) is -34.0. The molecule has 0 spiro atoms. The van der Waals surface area contributed by atoms with E-state index in [1.54, 1.807) is 0 Å². The molecule has 0 aromatic rings. The van der Waals surface area contributed by atoms with Gasteiger partial charge in [0.1, 0.15) is 0 Å². The Kier molecular flexibility index (Phi) is 7.41. The molecule has 0 radical (unpaired) electrons. The van der Waals surface area contributed by atoms with Gasteiger partial charge in [0.25, 0.3) is 6.43 Å². The summed E-state index contributed by atoms with van der Waals surface area (Å²) in [6, 6.07) is 0. The molecule has 1 N–H and O–H groups in total. The third kappa shape index (κ3) is 4.10. The van der Waals surface area contributed by atoms with Crippen molar-refractivity contribution in [3.8, 4) is 0 Å². The van der Waals surface area contributed by atoms with Crippen molar-refractivity contribution < 1.29 is 72.1 Å². The molecule has 1 saturated carbocycles. The van der Waals surface area contributed by atoms with Gasteiger partial charge in [0.2, 0.25) is 6.17 Å². The second-order valence-electron chi connectivity index (χ2n) is 8.34. The Hall–Kier alpha value is -1.90. The zero-order valence-corrected chi connectivity index (χ0v) is 16.9. The molecule has 0 saturated heterocycles. The number of carbonyl (C=O) groups excluding carboxylic acids is 1. The molecule has 0 amide bonds. The van der Waals surface area contributed by atoms with Crippen LogP contribution < -0.4 is 0 Å². The third-order valence-electron chi connectivity index (χ3n) is 6.27. The summed E-state index contributed by atoms with van der Waals surface area (Å²) >= 11 is 0. The molecule has 33 heavy (non-hydrogen) atoms. The Labute approximate surface area is 178 Å². The fourth-order valence-corrected chi connectivity index (χ4v) is 3.49. The van der Waals surface area contributed by atoms with Crippen LogP contribution in [0.25, 0.3) is 0 Å². The summed E-state index contributed by atoms with van der Waals surface area (Å²) in [5.41, 5.74) is -3.79. The summed E-state index contributed by atoms with van der Waals surface area (Å²) in [7, 11) is 0. The number of rotatable bonds is 9. The minimum Gasteiger partial charge on any atom is -0.481 e. The van der Waals surface area contributed by atoms with Crippen LogP contribution in [0, 0.1) is 16.7 Å². The smallest absolute Gasteiger partial charge is 0.385 e. The number of carbonyl (C=O) groups is 2. The second kappa shape index (κ2) is 8.40. The lowest BCUT2D eigenvalue weighted by atomic mass is 9.65. The van der Waals surface area contributed by atoms with Crippen molar-refractivity contribution in [2.45, 2.75) is 76.3 Å². The van der Waals surface area contributed by atoms with E-state index in [4.69, 9.17) is 5.11 Å². The van der Waals surface area contributed by atoms with Crippen LogP contribution in [-0.4, -0.2) is 59.7 Å². The highest BCUT2D eigenvalue weighted by molar-refractivity contribution is 5.81. The molecule has 0 aliphatic heterocycles. The highest BCUT2D eigenvalue weighted by Crippen LogP contribution is 2.59. The number of hydrogen-bond donors (Lipinski definition) is 1. The Morgan fingerprint density at radius 2 is 1.30 bits per heavy atom. The average molecular weight is 514 g/mol. The maximum atomic E-state index is 13.9. The zero-order chi connectivity index (χ0) is 26.6. The SMILES string of the molecule is CC1(C(=O)OC(F)C(F)(F)C(F)(F)C(F)(F)C(F)(F)C(F)C(F)F)CCC(C(=O)O)C1(C)C. The molecule has 4 unspecified atom stereocenters. The molecule has 0 aromatic heterocycles. The van der Waals surface area contributed by atoms with Crippen LogP contribution in [-0.2, 0) is 14.3 Å². The van der Waals surface area contributed by atoms with Gasteiger partial charge in [0.15, 0.2) is 0 Å². The van der Waals surface area contributed by atoms with Crippen molar-refractivity contribution in [3.05, 3.63) is 0 Å². The van der Waals surface area contributed by atoms with Crippen LogP contribution in [0.2, 0.25) is 0 Å². The van der Waals surface area contributed by atoms with Gasteiger partial charge in [-0.1, -0.05) is 13.8 Å². The standard InChI is InChI=1S/C17H18F12O4/c1-12(2)6(9(30)31)4-5-13(12,3)11(32)33-10(21)15(24,25)17(28,29)16(26,27)14(22,23)7(18)8(19)20/h6-8,10H,4-5H2,1-3H3,(H,30,31). The molecule has 194 valence electrons. The Balaban J connectivity index is 3.27. The fraction of sp³-hybridized carbons (Fsp3) is 0.882. The molecule has 1 rings (SSSR count). The van der Waals surface area contributed by atoms with Gasteiger partial charge < -0.3 is 9.84 Å². The van der Waals surface area contributed by atoms with E-state index in [9.17, 15) is 62.3 Å². The number of aliphatic carboxylic acids is 1. The molecule has 0 bridgehead atoms. The summed E-state index contributed by atoms with van der Waals surface area (Å²) in [5, 5.41) is 9.15. The molecule has 16 heteroatoms.